The van der Waals surface area contributed by atoms with Crippen LogP contribution in [-0.2, 0) is 4.79 Å². The van der Waals surface area contributed by atoms with Crippen molar-refractivity contribution in [2.24, 2.45) is 5.73 Å². The summed E-state index contributed by atoms with van der Waals surface area (Å²) in [4.78, 5) is 12.0. The van der Waals surface area contributed by atoms with Crippen molar-refractivity contribution in [2.75, 3.05) is 6.61 Å². The minimum Gasteiger partial charge on any atom is -0.483 e. The molecule has 0 aliphatic heterocycles. The molecule has 0 spiro atoms. The molecule has 4 heteroatoms. The van der Waals surface area contributed by atoms with E-state index in [2.05, 4.69) is 5.32 Å². The van der Waals surface area contributed by atoms with Gasteiger partial charge in [-0.3, -0.25) is 4.79 Å². The molecule has 1 aromatic rings. The Labute approximate surface area is 127 Å². The zero-order chi connectivity index (χ0) is 15.2. The van der Waals surface area contributed by atoms with E-state index in [1.807, 2.05) is 32.0 Å². The van der Waals surface area contributed by atoms with Crippen molar-refractivity contribution in [2.45, 2.75) is 58.0 Å². The monoisotopic (exact) mass is 290 g/mol. The maximum atomic E-state index is 12.0. The van der Waals surface area contributed by atoms with Crippen LogP contribution in [0, 0.1) is 6.92 Å². The lowest BCUT2D eigenvalue weighted by atomic mass is 9.95. The highest BCUT2D eigenvalue weighted by molar-refractivity contribution is 5.77. The highest BCUT2D eigenvalue weighted by atomic mass is 16.5. The van der Waals surface area contributed by atoms with E-state index in [1.165, 1.54) is 19.3 Å². The fraction of sp³-hybridized carbons (Fsp3) is 0.588. The Balaban J connectivity index is 1.88. The summed E-state index contributed by atoms with van der Waals surface area (Å²) in [6.07, 6.45) is 5.86. The minimum absolute atomic E-state index is 0.0434. The van der Waals surface area contributed by atoms with Gasteiger partial charge in [0, 0.05) is 17.6 Å². The van der Waals surface area contributed by atoms with Crippen LogP contribution in [0.15, 0.2) is 18.2 Å². The van der Waals surface area contributed by atoms with Gasteiger partial charge in [0.1, 0.15) is 5.75 Å². The fourth-order valence-electron chi connectivity index (χ4n) is 2.81. The van der Waals surface area contributed by atoms with Crippen molar-refractivity contribution >= 4 is 5.91 Å². The zero-order valence-corrected chi connectivity index (χ0v) is 13.0. The second-order valence-corrected chi connectivity index (χ2v) is 6.02. The van der Waals surface area contributed by atoms with Gasteiger partial charge in [0.2, 0.25) is 0 Å². The average molecular weight is 290 g/mol. The minimum atomic E-state index is -0.110. The number of amides is 1. The predicted molar refractivity (Wildman–Crippen MR) is 84.3 cm³/mol. The predicted octanol–water partition coefficient (Wildman–Crippen LogP) is 2.84. The highest BCUT2D eigenvalue weighted by Crippen LogP contribution is 2.25. The van der Waals surface area contributed by atoms with Crippen molar-refractivity contribution in [3.05, 3.63) is 29.3 Å². The number of nitrogens with two attached hydrogens (primary N) is 1. The largest absolute Gasteiger partial charge is 0.483 e. The van der Waals surface area contributed by atoms with E-state index >= 15 is 0 Å². The molecule has 2 rings (SSSR count). The van der Waals surface area contributed by atoms with Crippen molar-refractivity contribution in [1.29, 1.82) is 0 Å². The van der Waals surface area contributed by atoms with Gasteiger partial charge in [-0.05, 0) is 32.8 Å². The lowest BCUT2D eigenvalue weighted by Crippen LogP contribution is -2.39. The first-order chi connectivity index (χ1) is 10.1. The van der Waals surface area contributed by atoms with Crippen molar-refractivity contribution in [1.82, 2.24) is 5.32 Å². The number of ether oxygens (including phenoxy) is 1. The lowest BCUT2D eigenvalue weighted by Gasteiger charge is -2.23. The van der Waals surface area contributed by atoms with Crippen molar-refractivity contribution in [3.8, 4) is 5.75 Å². The Kier molecular flexibility index (Phi) is 5.62. The van der Waals surface area contributed by atoms with Gasteiger partial charge < -0.3 is 15.8 Å². The van der Waals surface area contributed by atoms with Gasteiger partial charge in [-0.15, -0.1) is 0 Å². The molecule has 1 unspecified atom stereocenters. The number of nitrogens with one attached hydrogen (secondary N) is 1. The number of carbonyl (C=O) groups is 1. The standard InChI is InChI=1S/C17H26N2O2/c1-12-8-9-16(15(10-12)13(2)18)21-11-17(20)19-14-6-4-3-5-7-14/h8-10,13-14H,3-7,11,18H2,1-2H3,(H,19,20). The second-order valence-electron chi connectivity index (χ2n) is 6.02. The van der Waals surface area contributed by atoms with Gasteiger partial charge in [0.25, 0.3) is 5.91 Å². The van der Waals surface area contributed by atoms with Gasteiger partial charge in [0.15, 0.2) is 6.61 Å². The maximum Gasteiger partial charge on any atom is 0.258 e. The molecule has 1 amide bonds. The van der Waals surface area contributed by atoms with Crippen LogP contribution >= 0.6 is 0 Å². The summed E-state index contributed by atoms with van der Waals surface area (Å²) in [6, 6.07) is 6.09. The summed E-state index contributed by atoms with van der Waals surface area (Å²) in [5, 5.41) is 3.05. The quantitative estimate of drug-likeness (QED) is 0.876. The van der Waals surface area contributed by atoms with Crippen molar-refractivity contribution in [3.63, 3.8) is 0 Å². The molecule has 1 saturated carbocycles. The summed E-state index contributed by atoms with van der Waals surface area (Å²) in [7, 11) is 0. The van der Waals surface area contributed by atoms with Gasteiger partial charge >= 0.3 is 0 Å². The molecule has 3 N–H and O–H groups in total. The molecule has 4 nitrogen and oxygen atoms in total. The fourth-order valence-corrected chi connectivity index (χ4v) is 2.81. The molecule has 1 aliphatic carbocycles. The molecule has 1 aromatic carbocycles. The topological polar surface area (TPSA) is 64.3 Å². The second kappa shape index (κ2) is 7.46. The van der Waals surface area contributed by atoms with E-state index in [0.717, 1.165) is 24.0 Å². The van der Waals surface area contributed by atoms with Gasteiger partial charge in [-0.1, -0.05) is 37.0 Å². The molecule has 0 aromatic heterocycles. The molecule has 1 atom stereocenters. The normalized spacial score (nSPS) is 17.3. The number of rotatable bonds is 5. The molecule has 0 bridgehead atoms. The first kappa shape index (κ1) is 15.8. The van der Waals surface area contributed by atoms with Crippen LogP contribution in [0.4, 0.5) is 0 Å². The van der Waals surface area contributed by atoms with Gasteiger partial charge in [-0.25, -0.2) is 0 Å². The van der Waals surface area contributed by atoms with E-state index in [0.29, 0.717) is 11.8 Å². The number of carbonyl (C=O) groups excluding carboxylic acids is 1. The first-order valence-corrected chi connectivity index (χ1v) is 7.84. The number of benzene rings is 1. The molecule has 1 fully saturated rings. The molecule has 0 heterocycles. The Morgan fingerprint density at radius 2 is 2.10 bits per heavy atom. The van der Waals surface area contributed by atoms with Crippen LogP contribution in [-0.4, -0.2) is 18.6 Å². The lowest BCUT2D eigenvalue weighted by molar-refractivity contribution is -0.124. The number of hydrogen-bond donors (Lipinski definition) is 2. The third-order valence-corrected chi connectivity index (χ3v) is 3.98. The Morgan fingerprint density at radius 1 is 1.38 bits per heavy atom. The summed E-state index contributed by atoms with van der Waals surface area (Å²) in [6.45, 7) is 3.99. The Hall–Kier alpha value is -1.55. The van der Waals surface area contributed by atoms with E-state index < -0.39 is 0 Å². The van der Waals surface area contributed by atoms with Crippen molar-refractivity contribution < 1.29 is 9.53 Å². The van der Waals surface area contributed by atoms with E-state index in [4.69, 9.17) is 10.5 Å². The first-order valence-electron chi connectivity index (χ1n) is 7.84. The third kappa shape index (κ3) is 4.74. The van der Waals surface area contributed by atoms with Crippen LogP contribution in [0.5, 0.6) is 5.75 Å². The molecular formula is C17H26N2O2. The van der Waals surface area contributed by atoms with Crippen LogP contribution in [0.25, 0.3) is 0 Å². The highest BCUT2D eigenvalue weighted by Gasteiger charge is 2.16. The SMILES string of the molecule is Cc1ccc(OCC(=O)NC2CCCCC2)c(C(C)N)c1. The maximum absolute atomic E-state index is 12.0. The van der Waals surface area contributed by atoms with E-state index in [-0.39, 0.29) is 18.6 Å². The Morgan fingerprint density at radius 3 is 2.76 bits per heavy atom. The van der Waals surface area contributed by atoms with Crippen LogP contribution in [0.1, 0.15) is 56.2 Å². The molecule has 0 radical (unpaired) electrons. The van der Waals surface area contributed by atoms with Gasteiger partial charge in [0.05, 0.1) is 0 Å². The summed E-state index contributed by atoms with van der Waals surface area (Å²) in [5.41, 5.74) is 8.04. The summed E-state index contributed by atoms with van der Waals surface area (Å²) < 4.78 is 5.66. The van der Waals surface area contributed by atoms with E-state index in [9.17, 15) is 4.79 Å². The molecule has 0 saturated heterocycles. The summed E-state index contributed by atoms with van der Waals surface area (Å²) in [5.74, 6) is 0.660. The molecule has 21 heavy (non-hydrogen) atoms. The summed E-state index contributed by atoms with van der Waals surface area (Å²) >= 11 is 0. The third-order valence-electron chi connectivity index (χ3n) is 3.98. The van der Waals surface area contributed by atoms with Crippen LogP contribution < -0.4 is 15.8 Å². The molecular weight excluding hydrogens is 264 g/mol. The average Bonchev–Trinajstić information content (AvgIpc) is 2.47. The van der Waals surface area contributed by atoms with Gasteiger partial charge in [-0.2, -0.15) is 0 Å². The smallest absolute Gasteiger partial charge is 0.258 e. The van der Waals surface area contributed by atoms with Crippen LogP contribution in [0.2, 0.25) is 0 Å². The van der Waals surface area contributed by atoms with E-state index in [1.54, 1.807) is 0 Å². The molecule has 1 aliphatic rings. The number of aryl methyl sites for hydroxylation is 1. The number of hydrogen-bond acceptors (Lipinski definition) is 3. The Bertz CT molecular complexity index is 480. The zero-order valence-electron chi connectivity index (χ0n) is 13.0. The van der Waals surface area contributed by atoms with Crippen LogP contribution in [0.3, 0.4) is 0 Å². The molecule has 116 valence electrons.